The highest BCUT2D eigenvalue weighted by Gasteiger charge is 2.17. The third-order valence-electron chi connectivity index (χ3n) is 4.17. The largest absolute Gasteiger partial charge is 0.462 e. The average Bonchev–Trinajstić information content (AvgIpc) is 2.92. The molecular weight excluding hydrogens is 540 g/mol. The van der Waals surface area contributed by atoms with Gasteiger partial charge >= 0.3 is 11.9 Å². The van der Waals surface area contributed by atoms with Crippen molar-refractivity contribution in [3.8, 4) is 0 Å². The zero-order chi connectivity index (χ0) is 27.2. The number of rotatable bonds is 9. The molecule has 0 aliphatic rings. The molecule has 0 saturated carbocycles. The standard InChI is InChI=1S/C15H16N4O3S.C8H9ClN2O2S/c1-3-22-14(21)11-9-16-15(23-2)17-12(11)18-19-13(20)10-7-5-4-6-8-10;1-3-13-7(12)5-4-10-8(14-2)11-6(5)9/h4-9H,3H2,1-2H3,(H,19,20)(H,16,17,18);4H,3H2,1-2H3. The zero-order valence-corrected chi connectivity index (χ0v) is 22.9. The van der Waals surface area contributed by atoms with Gasteiger partial charge in [0.1, 0.15) is 16.3 Å². The van der Waals surface area contributed by atoms with E-state index < -0.39 is 11.9 Å². The predicted octanol–water partition coefficient (Wildman–Crippen LogP) is 4.16. The van der Waals surface area contributed by atoms with E-state index in [0.717, 1.165) is 0 Å². The van der Waals surface area contributed by atoms with Crippen molar-refractivity contribution in [3.05, 3.63) is 64.6 Å². The molecule has 1 amide bonds. The van der Waals surface area contributed by atoms with E-state index in [1.165, 1.54) is 35.9 Å². The number of carbonyl (C=O) groups excluding carboxylic acids is 3. The first-order chi connectivity index (χ1) is 17.8. The second kappa shape index (κ2) is 15.6. The van der Waals surface area contributed by atoms with Crippen LogP contribution in [0.15, 0.2) is 53.0 Å². The minimum atomic E-state index is -0.559. The normalized spacial score (nSPS) is 9.97. The first-order valence-corrected chi connectivity index (χ1v) is 13.6. The highest BCUT2D eigenvalue weighted by atomic mass is 35.5. The van der Waals surface area contributed by atoms with Crippen LogP contribution in [-0.2, 0) is 9.47 Å². The Morgan fingerprint density at radius 2 is 1.41 bits per heavy atom. The Morgan fingerprint density at radius 1 is 0.865 bits per heavy atom. The molecule has 0 aliphatic carbocycles. The lowest BCUT2D eigenvalue weighted by Gasteiger charge is -2.12. The van der Waals surface area contributed by atoms with Gasteiger partial charge in [0.05, 0.1) is 13.2 Å². The van der Waals surface area contributed by atoms with Crippen molar-refractivity contribution in [2.24, 2.45) is 0 Å². The molecule has 14 heteroatoms. The fraction of sp³-hybridized carbons (Fsp3) is 0.261. The Balaban J connectivity index is 0.000000294. The van der Waals surface area contributed by atoms with E-state index in [1.807, 2.05) is 18.6 Å². The molecule has 0 saturated heterocycles. The number of nitrogens with one attached hydrogen (secondary N) is 2. The van der Waals surface area contributed by atoms with Crippen LogP contribution in [0.4, 0.5) is 5.82 Å². The number of hydrogen-bond acceptors (Lipinski definition) is 12. The lowest BCUT2D eigenvalue weighted by atomic mass is 10.2. The van der Waals surface area contributed by atoms with Crippen LogP contribution in [0.3, 0.4) is 0 Å². The number of hydrazine groups is 1. The van der Waals surface area contributed by atoms with Crippen molar-refractivity contribution in [1.29, 1.82) is 0 Å². The van der Waals surface area contributed by atoms with Gasteiger partial charge in [-0.2, -0.15) is 0 Å². The first-order valence-electron chi connectivity index (χ1n) is 10.8. The fourth-order valence-electron chi connectivity index (χ4n) is 2.49. The summed E-state index contributed by atoms with van der Waals surface area (Å²) in [5.74, 6) is -1.21. The van der Waals surface area contributed by atoms with E-state index in [1.54, 1.807) is 38.1 Å². The van der Waals surface area contributed by atoms with Crippen molar-refractivity contribution in [2.75, 3.05) is 31.2 Å². The van der Waals surface area contributed by atoms with Gasteiger partial charge in [-0.05, 0) is 38.5 Å². The molecule has 2 heterocycles. The molecule has 0 spiro atoms. The first kappa shape index (κ1) is 29.8. The maximum Gasteiger partial charge on any atom is 0.343 e. The third kappa shape index (κ3) is 9.19. The van der Waals surface area contributed by atoms with Crippen LogP contribution in [0.25, 0.3) is 0 Å². The number of carbonyl (C=O) groups is 3. The van der Waals surface area contributed by atoms with Crippen LogP contribution in [0.5, 0.6) is 0 Å². The quantitative estimate of drug-likeness (QED) is 0.126. The van der Waals surface area contributed by atoms with Gasteiger partial charge in [0, 0.05) is 18.0 Å². The molecule has 1 aromatic carbocycles. The van der Waals surface area contributed by atoms with E-state index >= 15 is 0 Å². The lowest BCUT2D eigenvalue weighted by Crippen LogP contribution is -2.31. The summed E-state index contributed by atoms with van der Waals surface area (Å²) >= 11 is 8.45. The van der Waals surface area contributed by atoms with Gasteiger partial charge in [0.25, 0.3) is 5.91 Å². The summed E-state index contributed by atoms with van der Waals surface area (Å²) in [6, 6.07) is 8.69. The Bertz CT molecular complexity index is 1220. The topological polar surface area (TPSA) is 145 Å². The van der Waals surface area contributed by atoms with Crippen molar-refractivity contribution >= 4 is 58.8 Å². The van der Waals surface area contributed by atoms with Gasteiger partial charge < -0.3 is 9.47 Å². The van der Waals surface area contributed by atoms with Crippen molar-refractivity contribution in [1.82, 2.24) is 25.4 Å². The number of esters is 2. The van der Waals surface area contributed by atoms with Gasteiger partial charge in [-0.1, -0.05) is 53.3 Å². The monoisotopic (exact) mass is 564 g/mol. The second-order valence-electron chi connectivity index (χ2n) is 6.57. The molecule has 196 valence electrons. The van der Waals surface area contributed by atoms with Crippen LogP contribution in [0.1, 0.15) is 44.9 Å². The Morgan fingerprint density at radius 3 is 1.95 bits per heavy atom. The molecule has 37 heavy (non-hydrogen) atoms. The third-order valence-corrected chi connectivity index (χ3v) is 5.58. The summed E-state index contributed by atoms with van der Waals surface area (Å²) in [7, 11) is 0. The minimum absolute atomic E-state index is 0.128. The molecule has 11 nitrogen and oxygen atoms in total. The number of aromatic nitrogens is 4. The van der Waals surface area contributed by atoms with Crippen LogP contribution >= 0.6 is 35.1 Å². The molecule has 0 atom stereocenters. The lowest BCUT2D eigenvalue weighted by molar-refractivity contribution is 0.0516. The molecule has 0 unspecified atom stereocenters. The molecule has 0 radical (unpaired) electrons. The van der Waals surface area contributed by atoms with E-state index in [9.17, 15) is 14.4 Å². The van der Waals surface area contributed by atoms with Gasteiger partial charge in [0.2, 0.25) is 0 Å². The van der Waals surface area contributed by atoms with Crippen LogP contribution in [-0.4, -0.2) is 63.5 Å². The summed E-state index contributed by atoms with van der Waals surface area (Å²) < 4.78 is 9.73. The Hall–Kier alpha value is -3.42. The van der Waals surface area contributed by atoms with E-state index in [0.29, 0.717) is 22.5 Å². The van der Waals surface area contributed by atoms with E-state index in [2.05, 4.69) is 30.8 Å². The highest BCUT2D eigenvalue weighted by molar-refractivity contribution is 7.98. The molecular formula is C23H25ClN6O5S2. The molecule has 0 fully saturated rings. The number of amides is 1. The van der Waals surface area contributed by atoms with Crippen LogP contribution in [0.2, 0.25) is 5.15 Å². The van der Waals surface area contributed by atoms with Crippen molar-refractivity contribution in [3.63, 3.8) is 0 Å². The number of hydrogen-bond donors (Lipinski definition) is 2. The minimum Gasteiger partial charge on any atom is -0.462 e. The zero-order valence-electron chi connectivity index (χ0n) is 20.5. The van der Waals surface area contributed by atoms with Gasteiger partial charge in [-0.3, -0.25) is 15.6 Å². The van der Waals surface area contributed by atoms with Crippen molar-refractivity contribution < 1.29 is 23.9 Å². The summed E-state index contributed by atoms with van der Waals surface area (Å²) in [6.45, 7) is 3.97. The summed E-state index contributed by atoms with van der Waals surface area (Å²) in [4.78, 5) is 51.3. The summed E-state index contributed by atoms with van der Waals surface area (Å²) in [6.07, 6.45) is 6.38. The van der Waals surface area contributed by atoms with Crippen LogP contribution in [0, 0.1) is 0 Å². The van der Waals surface area contributed by atoms with E-state index in [-0.39, 0.29) is 34.6 Å². The molecule has 3 aromatic rings. The van der Waals surface area contributed by atoms with E-state index in [4.69, 9.17) is 21.1 Å². The van der Waals surface area contributed by atoms with Gasteiger partial charge in [-0.15, -0.1) is 0 Å². The number of benzene rings is 1. The average molecular weight is 565 g/mol. The molecule has 2 N–H and O–H groups in total. The van der Waals surface area contributed by atoms with Gasteiger partial charge in [0.15, 0.2) is 16.1 Å². The SMILES string of the molecule is CCOC(=O)c1cnc(SC)nc1Cl.CCOC(=O)c1cnc(SC)nc1NNC(=O)c1ccccc1. The maximum absolute atomic E-state index is 12.0. The number of nitrogens with zero attached hydrogens (tertiary/aromatic N) is 4. The Kier molecular flexibility index (Phi) is 12.6. The second-order valence-corrected chi connectivity index (χ2v) is 8.47. The molecule has 3 rings (SSSR count). The number of halogens is 1. The number of anilines is 1. The number of ether oxygens (including phenoxy) is 2. The summed E-state index contributed by atoms with van der Waals surface area (Å²) in [5.41, 5.74) is 6.00. The fourth-order valence-corrected chi connectivity index (χ4v) is 3.42. The Labute approximate surface area is 227 Å². The predicted molar refractivity (Wildman–Crippen MR) is 142 cm³/mol. The smallest absolute Gasteiger partial charge is 0.343 e. The molecule has 0 bridgehead atoms. The number of thioether (sulfide) groups is 2. The summed E-state index contributed by atoms with van der Waals surface area (Å²) in [5, 5.41) is 1.13. The van der Waals surface area contributed by atoms with Crippen LogP contribution < -0.4 is 10.9 Å². The van der Waals surface area contributed by atoms with Crippen molar-refractivity contribution in [2.45, 2.75) is 24.2 Å². The maximum atomic E-state index is 12.0. The molecule has 0 aliphatic heterocycles. The highest BCUT2D eigenvalue weighted by Crippen LogP contribution is 2.18. The van der Waals surface area contributed by atoms with Gasteiger partial charge in [-0.25, -0.2) is 29.5 Å². The molecule has 2 aromatic heterocycles.